The van der Waals surface area contributed by atoms with Crippen molar-refractivity contribution in [2.75, 3.05) is 6.61 Å². The van der Waals surface area contributed by atoms with E-state index in [1.807, 2.05) is 12.1 Å². The third kappa shape index (κ3) is 3.89. The van der Waals surface area contributed by atoms with Crippen LogP contribution in [0.4, 0.5) is 0 Å². The molecule has 2 aromatic rings. The molecule has 0 heterocycles. The number of rotatable bonds is 8. The first-order chi connectivity index (χ1) is 9.86. The lowest BCUT2D eigenvalue weighted by Crippen LogP contribution is -2.00. The second-order valence-corrected chi connectivity index (χ2v) is 5.43. The molecule has 0 aromatic heterocycles. The first-order valence-electron chi connectivity index (χ1n) is 7.56. The fourth-order valence-electron chi connectivity index (χ4n) is 2.48. The van der Waals surface area contributed by atoms with Crippen molar-refractivity contribution in [2.24, 2.45) is 0 Å². The van der Waals surface area contributed by atoms with Crippen molar-refractivity contribution in [1.29, 1.82) is 0 Å². The number of alkyl halides is 1. The Morgan fingerprint density at radius 1 is 0.950 bits per heavy atom. The second kappa shape index (κ2) is 8.16. The van der Waals surface area contributed by atoms with Crippen LogP contribution in [-0.4, -0.2) is 6.61 Å². The summed E-state index contributed by atoms with van der Waals surface area (Å²) in [5.74, 6) is 1.43. The van der Waals surface area contributed by atoms with Gasteiger partial charge in [0.05, 0.1) is 12.5 Å². The molecule has 108 valence electrons. The summed E-state index contributed by atoms with van der Waals surface area (Å²) in [6.07, 6.45) is 6.27. The minimum Gasteiger partial charge on any atom is -0.493 e. The van der Waals surface area contributed by atoms with Crippen molar-refractivity contribution in [3.8, 4) is 5.75 Å². The van der Waals surface area contributed by atoms with E-state index in [1.54, 1.807) is 0 Å². The Morgan fingerprint density at radius 3 is 2.55 bits per heavy atom. The summed E-state index contributed by atoms with van der Waals surface area (Å²) >= 11 is 6.11. The number of unbranched alkanes of at least 4 members (excludes halogenated alkanes) is 4. The van der Waals surface area contributed by atoms with Gasteiger partial charge in [-0.25, -0.2) is 0 Å². The molecule has 2 aromatic carbocycles. The van der Waals surface area contributed by atoms with Gasteiger partial charge in [-0.05, 0) is 23.3 Å². The molecule has 0 saturated heterocycles. The number of hydrogen-bond donors (Lipinski definition) is 0. The van der Waals surface area contributed by atoms with Crippen molar-refractivity contribution in [1.82, 2.24) is 0 Å². The maximum Gasteiger partial charge on any atom is 0.124 e. The van der Waals surface area contributed by atoms with Crippen LogP contribution in [0.1, 0.15) is 44.6 Å². The molecule has 1 nitrogen and oxygen atoms in total. The van der Waals surface area contributed by atoms with Gasteiger partial charge in [-0.1, -0.05) is 62.9 Å². The largest absolute Gasteiger partial charge is 0.493 e. The number of ether oxygens (including phenoxy) is 1. The quantitative estimate of drug-likeness (QED) is 0.432. The molecule has 2 rings (SSSR count). The molecular weight excluding hydrogens is 268 g/mol. The van der Waals surface area contributed by atoms with Crippen molar-refractivity contribution < 1.29 is 4.74 Å². The zero-order valence-corrected chi connectivity index (χ0v) is 13.0. The maximum absolute atomic E-state index is 6.11. The molecule has 0 aliphatic carbocycles. The van der Waals surface area contributed by atoms with Crippen LogP contribution >= 0.6 is 11.6 Å². The van der Waals surface area contributed by atoms with E-state index in [-0.39, 0.29) is 0 Å². The highest BCUT2D eigenvalue weighted by Crippen LogP contribution is 2.29. The lowest BCUT2D eigenvalue weighted by atomic mass is 10.0. The van der Waals surface area contributed by atoms with Gasteiger partial charge in [0.25, 0.3) is 0 Å². The Balaban J connectivity index is 1.99. The number of halogens is 1. The van der Waals surface area contributed by atoms with E-state index in [4.69, 9.17) is 16.3 Å². The summed E-state index contributed by atoms with van der Waals surface area (Å²) in [5, 5.41) is 2.42. The lowest BCUT2D eigenvalue weighted by molar-refractivity contribution is 0.303. The van der Waals surface area contributed by atoms with Crippen LogP contribution in [-0.2, 0) is 5.88 Å². The molecule has 0 bridgehead atoms. The summed E-state index contributed by atoms with van der Waals surface area (Å²) in [6, 6.07) is 12.5. The maximum atomic E-state index is 6.11. The van der Waals surface area contributed by atoms with Crippen molar-refractivity contribution in [3.63, 3.8) is 0 Å². The van der Waals surface area contributed by atoms with Crippen LogP contribution in [0, 0.1) is 0 Å². The highest BCUT2D eigenvalue weighted by Gasteiger charge is 2.07. The van der Waals surface area contributed by atoms with Crippen LogP contribution in [0.15, 0.2) is 36.4 Å². The van der Waals surface area contributed by atoms with Gasteiger partial charge >= 0.3 is 0 Å². The van der Waals surface area contributed by atoms with E-state index in [0.717, 1.165) is 24.3 Å². The van der Waals surface area contributed by atoms with Gasteiger partial charge in [0.1, 0.15) is 5.75 Å². The van der Waals surface area contributed by atoms with Crippen molar-refractivity contribution in [2.45, 2.75) is 44.9 Å². The molecular formula is C18H23ClO. The molecule has 0 amide bonds. The predicted molar refractivity (Wildman–Crippen MR) is 87.8 cm³/mol. The van der Waals surface area contributed by atoms with Crippen LogP contribution in [0.5, 0.6) is 5.75 Å². The molecule has 0 atom stereocenters. The average Bonchev–Trinajstić information content (AvgIpc) is 2.50. The Morgan fingerprint density at radius 2 is 1.75 bits per heavy atom. The SMILES string of the molecule is CCCCCCCOc1ccc2ccccc2c1CCl. The van der Waals surface area contributed by atoms with Gasteiger partial charge < -0.3 is 4.74 Å². The smallest absolute Gasteiger partial charge is 0.124 e. The number of fused-ring (bicyclic) bond motifs is 1. The Labute approximate surface area is 126 Å². The van der Waals surface area contributed by atoms with Gasteiger partial charge in [0.15, 0.2) is 0 Å². The molecule has 0 aliphatic heterocycles. The van der Waals surface area contributed by atoms with Gasteiger partial charge in [0.2, 0.25) is 0 Å². The molecule has 2 heteroatoms. The first-order valence-corrected chi connectivity index (χ1v) is 8.09. The lowest BCUT2D eigenvalue weighted by Gasteiger charge is -2.12. The van der Waals surface area contributed by atoms with Gasteiger partial charge in [-0.2, -0.15) is 0 Å². The van der Waals surface area contributed by atoms with E-state index in [1.165, 1.54) is 36.5 Å². The zero-order valence-electron chi connectivity index (χ0n) is 12.2. The second-order valence-electron chi connectivity index (χ2n) is 5.16. The fraction of sp³-hybridized carbons (Fsp3) is 0.444. The summed E-state index contributed by atoms with van der Waals surface area (Å²) in [4.78, 5) is 0. The average molecular weight is 291 g/mol. The third-order valence-corrected chi connectivity index (χ3v) is 3.90. The van der Waals surface area contributed by atoms with E-state index < -0.39 is 0 Å². The summed E-state index contributed by atoms with van der Waals surface area (Å²) in [7, 11) is 0. The van der Waals surface area contributed by atoms with E-state index >= 15 is 0 Å². The Hall–Kier alpha value is -1.21. The molecule has 0 spiro atoms. The summed E-state index contributed by atoms with van der Waals surface area (Å²) < 4.78 is 5.93. The van der Waals surface area contributed by atoms with Crippen LogP contribution < -0.4 is 4.74 Å². The van der Waals surface area contributed by atoms with E-state index in [0.29, 0.717) is 5.88 Å². The molecule has 0 fully saturated rings. The van der Waals surface area contributed by atoms with Crippen LogP contribution in [0.3, 0.4) is 0 Å². The van der Waals surface area contributed by atoms with Crippen LogP contribution in [0.2, 0.25) is 0 Å². The highest BCUT2D eigenvalue weighted by molar-refractivity contribution is 6.18. The van der Waals surface area contributed by atoms with E-state index in [9.17, 15) is 0 Å². The Kier molecular flexibility index (Phi) is 6.20. The normalized spacial score (nSPS) is 10.9. The molecule has 0 aliphatic rings. The minimum absolute atomic E-state index is 0.493. The fourth-order valence-corrected chi connectivity index (χ4v) is 2.75. The van der Waals surface area contributed by atoms with Gasteiger partial charge in [-0.3, -0.25) is 0 Å². The molecule has 20 heavy (non-hydrogen) atoms. The highest BCUT2D eigenvalue weighted by atomic mass is 35.5. The Bertz CT molecular complexity index is 536. The number of benzene rings is 2. The predicted octanol–water partition coefficient (Wildman–Crippen LogP) is 5.93. The minimum atomic E-state index is 0.493. The van der Waals surface area contributed by atoms with Crippen molar-refractivity contribution in [3.05, 3.63) is 42.0 Å². The van der Waals surface area contributed by atoms with Gasteiger partial charge in [-0.15, -0.1) is 11.6 Å². The standard InChI is InChI=1S/C18H23ClO/c1-2-3-4-5-8-13-20-18-12-11-15-9-6-7-10-16(15)17(18)14-19/h6-7,9-12H,2-5,8,13-14H2,1H3. The molecule has 0 radical (unpaired) electrons. The summed E-state index contributed by atoms with van der Waals surface area (Å²) in [5.41, 5.74) is 1.11. The number of hydrogen-bond acceptors (Lipinski definition) is 1. The zero-order chi connectivity index (χ0) is 14.2. The van der Waals surface area contributed by atoms with Gasteiger partial charge in [0, 0.05) is 5.56 Å². The van der Waals surface area contributed by atoms with E-state index in [2.05, 4.69) is 31.2 Å². The summed E-state index contributed by atoms with van der Waals surface area (Å²) in [6.45, 7) is 3.02. The van der Waals surface area contributed by atoms with Crippen LogP contribution in [0.25, 0.3) is 10.8 Å². The monoisotopic (exact) mass is 290 g/mol. The third-order valence-electron chi connectivity index (χ3n) is 3.64. The molecule has 0 saturated carbocycles. The molecule has 0 N–H and O–H groups in total. The van der Waals surface area contributed by atoms with Crippen molar-refractivity contribution >= 4 is 22.4 Å². The topological polar surface area (TPSA) is 9.23 Å². The molecule has 0 unspecified atom stereocenters. The first kappa shape index (κ1) is 15.2.